The van der Waals surface area contributed by atoms with Crippen molar-refractivity contribution in [3.05, 3.63) is 58.1 Å². The summed E-state index contributed by atoms with van der Waals surface area (Å²) in [5.74, 6) is -0.472. The van der Waals surface area contributed by atoms with E-state index in [4.69, 9.17) is 9.47 Å². The average molecular weight is 370 g/mol. The van der Waals surface area contributed by atoms with Crippen molar-refractivity contribution in [2.45, 2.75) is 6.18 Å². The molecule has 2 aromatic carbocycles. The number of nitro groups is 1. The van der Waals surface area contributed by atoms with E-state index in [1.54, 1.807) is 0 Å². The number of rotatable bonds is 6. The van der Waals surface area contributed by atoms with Crippen molar-refractivity contribution >= 4 is 17.3 Å². The van der Waals surface area contributed by atoms with Crippen LogP contribution in [-0.4, -0.2) is 24.5 Å². The summed E-state index contributed by atoms with van der Waals surface area (Å²) in [6, 6.07) is 7.52. The molecule has 1 amide bonds. The molecule has 0 heterocycles. The Balaban J connectivity index is 2.00. The van der Waals surface area contributed by atoms with Gasteiger partial charge < -0.3 is 14.8 Å². The van der Waals surface area contributed by atoms with E-state index in [0.717, 1.165) is 30.3 Å². The summed E-state index contributed by atoms with van der Waals surface area (Å²) in [5.41, 5.74) is -0.936. The predicted molar refractivity (Wildman–Crippen MR) is 85.2 cm³/mol. The van der Waals surface area contributed by atoms with Gasteiger partial charge in [-0.3, -0.25) is 14.9 Å². The number of alkyl halides is 3. The maximum Gasteiger partial charge on any atom is 0.416 e. The van der Waals surface area contributed by atoms with Crippen LogP contribution in [0, 0.1) is 10.1 Å². The van der Waals surface area contributed by atoms with Gasteiger partial charge in [0, 0.05) is 11.8 Å². The number of nitrogens with zero attached hydrogens (tertiary/aromatic N) is 1. The Bertz CT molecular complexity index is 807. The predicted octanol–water partition coefficient (Wildman–Crippen LogP) is 3.64. The minimum absolute atomic E-state index is 0.00994. The average Bonchev–Trinajstić information content (AvgIpc) is 2.59. The lowest BCUT2D eigenvalue weighted by atomic mass is 10.2. The lowest BCUT2D eigenvalue weighted by molar-refractivity contribution is -0.385. The molecule has 0 radical (unpaired) electrons. The van der Waals surface area contributed by atoms with Crippen LogP contribution in [-0.2, 0) is 11.0 Å². The minimum Gasteiger partial charge on any atom is -0.493 e. The Labute approximate surface area is 145 Å². The number of ether oxygens (including phenoxy) is 2. The number of carbonyl (C=O) groups excluding carboxylic acids is 1. The van der Waals surface area contributed by atoms with E-state index in [-0.39, 0.29) is 22.9 Å². The third-order valence-electron chi connectivity index (χ3n) is 3.21. The first-order chi connectivity index (χ1) is 12.2. The molecule has 0 aliphatic rings. The summed E-state index contributed by atoms with van der Waals surface area (Å²) in [4.78, 5) is 22.0. The van der Waals surface area contributed by atoms with Crippen molar-refractivity contribution in [1.82, 2.24) is 0 Å². The normalized spacial score (nSPS) is 10.9. The fourth-order valence-electron chi connectivity index (χ4n) is 1.97. The Morgan fingerprint density at radius 3 is 2.35 bits per heavy atom. The molecule has 0 aromatic heterocycles. The van der Waals surface area contributed by atoms with Gasteiger partial charge in [-0.05, 0) is 30.3 Å². The number of carbonyl (C=O) groups is 1. The van der Waals surface area contributed by atoms with Crippen molar-refractivity contribution in [2.24, 2.45) is 0 Å². The SMILES string of the molecule is COc1ccc([N+](=O)[O-])cc1OCC(=O)Nc1ccc(C(F)(F)F)cc1. The van der Waals surface area contributed by atoms with Crippen molar-refractivity contribution in [3.8, 4) is 11.5 Å². The molecular formula is C16H13F3N2O5. The van der Waals surface area contributed by atoms with Crippen LogP contribution in [0.15, 0.2) is 42.5 Å². The van der Waals surface area contributed by atoms with Gasteiger partial charge >= 0.3 is 6.18 Å². The second kappa shape index (κ2) is 7.72. The highest BCUT2D eigenvalue weighted by molar-refractivity contribution is 5.91. The van der Waals surface area contributed by atoms with E-state index in [2.05, 4.69) is 5.32 Å². The first kappa shape index (κ1) is 19.0. The highest BCUT2D eigenvalue weighted by Crippen LogP contribution is 2.31. The van der Waals surface area contributed by atoms with E-state index >= 15 is 0 Å². The lowest BCUT2D eigenvalue weighted by Gasteiger charge is -2.11. The molecule has 0 saturated carbocycles. The second-order valence-electron chi connectivity index (χ2n) is 5.00. The van der Waals surface area contributed by atoms with Crippen LogP contribution in [0.5, 0.6) is 11.5 Å². The molecule has 26 heavy (non-hydrogen) atoms. The molecule has 0 saturated heterocycles. The summed E-state index contributed by atoms with van der Waals surface area (Å²) in [7, 11) is 1.33. The van der Waals surface area contributed by atoms with Crippen molar-refractivity contribution in [2.75, 3.05) is 19.0 Å². The molecule has 0 unspecified atom stereocenters. The number of methoxy groups -OCH3 is 1. The van der Waals surface area contributed by atoms with Gasteiger partial charge in [0.1, 0.15) is 0 Å². The summed E-state index contributed by atoms with van der Waals surface area (Å²) >= 11 is 0. The highest BCUT2D eigenvalue weighted by Gasteiger charge is 2.30. The Morgan fingerprint density at radius 1 is 1.15 bits per heavy atom. The molecule has 7 nitrogen and oxygen atoms in total. The van der Waals surface area contributed by atoms with Crippen LogP contribution in [0.1, 0.15) is 5.56 Å². The zero-order valence-corrected chi connectivity index (χ0v) is 13.4. The molecule has 0 aliphatic carbocycles. The van der Waals surface area contributed by atoms with E-state index < -0.39 is 29.2 Å². The quantitative estimate of drug-likeness (QED) is 0.619. The third kappa shape index (κ3) is 4.85. The van der Waals surface area contributed by atoms with E-state index in [9.17, 15) is 28.1 Å². The first-order valence-corrected chi connectivity index (χ1v) is 7.13. The van der Waals surface area contributed by atoms with Crippen LogP contribution in [0.25, 0.3) is 0 Å². The van der Waals surface area contributed by atoms with Gasteiger partial charge in [-0.15, -0.1) is 0 Å². The van der Waals surface area contributed by atoms with Crippen LogP contribution in [0.4, 0.5) is 24.5 Å². The number of benzene rings is 2. The molecule has 10 heteroatoms. The van der Waals surface area contributed by atoms with Crippen molar-refractivity contribution in [1.29, 1.82) is 0 Å². The largest absolute Gasteiger partial charge is 0.493 e. The standard InChI is InChI=1S/C16H13F3N2O5/c1-25-13-7-6-12(21(23)24)8-14(13)26-9-15(22)20-11-4-2-10(3-5-11)16(17,18)19/h2-8H,9H2,1H3,(H,20,22). The topological polar surface area (TPSA) is 90.7 Å². The lowest BCUT2D eigenvalue weighted by Crippen LogP contribution is -2.20. The molecule has 2 aromatic rings. The minimum atomic E-state index is -4.47. The number of halogens is 3. The number of nitrogens with one attached hydrogen (secondary N) is 1. The Kier molecular flexibility index (Phi) is 5.65. The maximum atomic E-state index is 12.5. The van der Waals surface area contributed by atoms with Crippen LogP contribution >= 0.6 is 0 Å². The molecule has 1 N–H and O–H groups in total. The zero-order valence-electron chi connectivity index (χ0n) is 13.4. The molecule has 2 rings (SSSR count). The fraction of sp³-hybridized carbons (Fsp3) is 0.188. The highest BCUT2D eigenvalue weighted by atomic mass is 19.4. The zero-order chi connectivity index (χ0) is 19.3. The molecule has 0 bridgehead atoms. The van der Waals surface area contributed by atoms with E-state index in [1.165, 1.54) is 19.2 Å². The summed E-state index contributed by atoms with van der Waals surface area (Å²) in [6.07, 6.45) is -4.47. The molecule has 0 fully saturated rings. The summed E-state index contributed by atoms with van der Waals surface area (Å²) in [6.45, 7) is -0.515. The van der Waals surface area contributed by atoms with E-state index in [1.807, 2.05) is 0 Å². The second-order valence-corrected chi connectivity index (χ2v) is 5.00. The van der Waals surface area contributed by atoms with Gasteiger partial charge in [0.15, 0.2) is 18.1 Å². The monoisotopic (exact) mass is 370 g/mol. The van der Waals surface area contributed by atoms with Crippen LogP contribution in [0.3, 0.4) is 0 Å². The van der Waals surface area contributed by atoms with Gasteiger partial charge in [-0.1, -0.05) is 0 Å². The number of nitro benzene ring substituents is 1. The molecule has 0 aliphatic heterocycles. The smallest absolute Gasteiger partial charge is 0.416 e. The van der Waals surface area contributed by atoms with Gasteiger partial charge in [-0.25, -0.2) is 0 Å². The van der Waals surface area contributed by atoms with Crippen molar-refractivity contribution < 1.29 is 32.4 Å². The Hall–Kier alpha value is -3.30. The number of hydrogen-bond donors (Lipinski definition) is 1. The number of non-ortho nitro benzene ring substituents is 1. The molecule has 0 atom stereocenters. The molecular weight excluding hydrogens is 357 g/mol. The van der Waals surface area contributed by atoms with Crippen molar-refractivity contribution in [3.63, 3.8) is 0 Å². The van der Waals surface area contributed by atoms with E-state index in [0.29, 0.717) is 0 Å². The van der Waals surface area contributed by atoms with Gasteiger partial charge in [0.2, 0.25) is 0 Å². The summed E-state index contributed by atoms with van der Waals surface area (Å²) < 4.78 is 47.7. The third-order valence-corrected chi connectivity index (χ3v) is 3.21. The fourth-order valence-corrected chi connectivity index (χ4v) is 1.97. The van der Waals surface area contributed by atoms with Gasteiger partial charge in [-0.2, -0.15) is 13.2 Å². The first-order valence-electron chi connectivity index (χ1n) is 7.13. The van der Waals surface area contributed by atoms with Crippen LogP contribution in [0.2, 0.25) is 0 Å². The maximum absolute atomic E-state index is 12.5. The molecule has 138 valence electrons. The van der Waals surface area contributed by atoms with Gasteiger partial charge in [0.05, 0.1) is 23.7 Å². The van der Waals surface area contributed by atoms with Crippen LogP contribution < -0.4 is 14.8 Å². The number of anilines is 1. The number of amides is 1. The Morgan fingerprint density at radius 2 is 1.81 bits per heavy atom. The number of hydrogen-bond acceptors (Lipinski definition) is 5. The molecule has 0 spiro atoms. The van der Waals surface area contributed by atoms with Gasteiger partial charge in [0.25, 0.3) is 11.6 Å². The summed E-state index contributed by atoms with van der Waals surface area (Å²) in [5, 5.41) is 13.1.